The van der Waals surface area contributed by atoms with E-state index in [1.165, 1.54) is 10.7 Å². The third-order valence-electron chi connectivity index (χ3n) is 3.95. The zero-order valence-electron chi connectivity index (χ0n) is 10.2. The molecule has 1 heterocycles. The summed E-state index contributed by atoms with van der Waals surface area (Å²) in [5.41, 5.74) is 0. The van der Waals surface area contributed by atoms with Gasteiger partial charge in [0.05, 0.1) is 0 Å². The lowest BCUT2D eigenvalue weighted by atomic mass is 9.76. The molecule has 0 aromatic carbocycles. The van der Waals surface area contributed by atoms with Crippen LogP contribution in [0, 0.1) is 11.8 Å². The minimum Gasteiger partial charge on any atom is -0.285 e. The van der Waals surface area contributed by atoms with E-state index in [1.54, 1.807) is 0 Å². The summed E-state index contributed by atoms with van der Waals surface area (Å²) in [5, 5.41) is -1.20. The van der Waals surface area contributed by atoms with E-state index in [0.717, 1.165) is 25.7 Å². The fraction of sp³-hybridized carbons (Fsp3) is 1.00. The van der Waals surface area contributed by atoms with Crippen molar-refractivity contribution in [1.82, 2.24) is 4.31 Å². The zero-order valence-corrected chi connectivity index (χ0v) is 11.8. The first-order valence-electron chi connectivity index (χ1n) is 6.21. The summed E-state index contributed by atoms with van der Waals surface area (Å²) in [6.07, 6.45) is 5.29. The predicted molar refractivity (Wildman–Crippen MR) is 67.0 cm³/mol. The van der Waals surface area contributed by atoms with Gasteiger partial charge in [0.1, 0.15) is 0 Å². The van der Waals surface area contributed by atoms with Crippen LogP contribution < -0.4 is 0 Å². The molecule has 0 aromatic heterocycles. The van der Waals surface area contributed by atoms with Crippen molar-refractivity contribution in [2.45, 2.75) is 32.1 Å². The van der Waals surface area contributed by atoms with Gasteiger partial charge < -0.3 is 0 Å². The molecular formula is C10H19NO5S2. The lowest BCUT2D eigenvalue weighted by Gasteiger charge is -2.40. The van der Waals surface area contributed by atoms with Gasteiger partial charge in [0.2, 0.25) is 10.0 Å². The van der Waals surface area contributed by atoms with Crippen LogP contribution in [-0.2, 0) is 20.1 Å². The Labute approximate surface area is 108 Å². The Morgan fingerprint density at radius 2 is 1.61 bits per heavy atom. The smallest absolute Gasteiger partial charge is 0.280 e. The first-order chi connectivity index (χ1) is 8.28. The molecule has 0 radical (unpaired) electrons. The molecule has 2 unspecified atom stereocenters. The zero-order chi connectivity index (χ0) is 13.4. The van der Waals surface area contributed by atoms with E-state index < -0.39 is 25.2 Å². The summed E-state index contributed by atoms with van der Waals surface area (Å²) in [6, 6.07) is 0. The fourth-order valence-corrected chi connectivity index (χ4v) is 5.99. The number of piperidine rings is 1. The maximum atomic E-state index is 11.9. The van der Waals surface area contributed by atoms with E-state index in [9.17, 15) is 16.8 Å². The molecule has 0 bridgehead atoms. The molecule has 18 heavy (non-hydrogen) atoms. The van der Waals surface area contributed by atoms with Crippen LogP contribution in [0.1, 0.15) is 32.1 Å². The summed E-state index contributed by atoms with van der Waals surface area (Å²) in [7, 11) is -8.39. The number of fused-ring (bicyclic) bond motifs is 1. The second-order valence-electron chi connectivity index (χ2n) is 5.26. The molecule has 1 N–H and O–H groups in total. The number of hydrogen-bond acceptors (Lipinski definition) is 4. The van der Waals surface area contributed by atoms with Crippen molar-refractivity contribution in [2.24, 2.45) is 11.8 Å². The van der Waals surface area contributed by atoms with E-state index in [2.05, 4.69) is 0 Å². The quantitative estimate of drug-likeness (QED) is 0.773. The Bertz CT molecular complexity index is 498. The minimum atomic E-state index is -4.49. The van der Waals surface area contributed by atoms with Gasteiger partial charge in [0, 0.05) is 13.1 Å². The highest BCUT2D eigenvalue weighted by molar-refractivity contribution is 8.04. The summed E-state index contributed by atoms with van der Waals surface area (Å²) in [4.78, 5) is 0. The van der Waals surface area contributed by atoms with Gasteiger partial charge in [-0.05, 0) is 24.7 Å². The molecule has 8 heteroatoms. The molecular weight excluding hydrogens is 278 g/mol. The van der Waals surface area contributed by atoms with E-state index >= 15 is 0 Å². The van der Waals surface area contributed by atoms with Crippen LogP contribution in [0.15, 0.2) is 0 Å². The van der Waals surface area contributed by atoms with Gasteiger partial charge in [0.15, 0.2) is 5.08 Å². The second-order valence-corrected chi connectivity index (χ2v) is 9.05. The molecule has 2 atom stereocenters. The topological polar surface area (TPSA) is 91.7 Å². The molecule has 1 aliphatic carbocycles. The maximum Gasteiger partial charge on any atom is 0.280 e. The molecule has 2 rings (SSSR count). The average molecular weight is 297 g/mol. The first kappa shape index (κ1) is 14.2. The van der Waals surface area contributed by atoms with Gasteiger partial charge in [-0.15, -0.1) is 0 Å². The normalized spacial score (nSPS) is 30.9. The van der Waals surface area contributed by atoms with Gasteiger partial charge in [-0.1, -0.05) is 19.3 Å². The van der Waals surface area contributed by atoms with Crippen LogP contribution in [0.3, 0.4) is 0 Å². The van der Waals surface area contributed by atoms with Crippen molar-refractivity contribution < 1.29 is 21.4 Å². The third kappa shape index (κ3) is 3.43. The van der Waals surface area contributed by atoms with E-state index in [-0.39, 0.29) is 0 Å². The average Bonchev–Trinajstić information content (AvgIpc) is 2.25. The van der Waals surface area contributed by atoms with Crippen molar-refractivity contribution in [2.75, 3.05) is 18.2 Å². The summed E-state index contributed by atoms with van der Waals surface area (Å²) >= 11 is 0. The number of hydrogen-bond donors (Lipinski definition) is 1. The molecule has 1 aliphatic heterocycles. The standard InChI is InChI=1S/C10H19NO5S2/c12-17(13,8-18(14,15)16)11-6-5-9-3-1-2-4-10(9)7-11/h9-10H,1-8H2,(H,14,15,16). The molecule has 1 saturated heterocycles. The van der Waals surface area contributed by atoms with Crippen LogP contribution >= 0.6 is 0 Å². The Morgan fingerprint density at radius 1 is 1.00 bits per heavy atom. The van der Waals surface area contributed by atoms with Gasteiger partial charge in [-0.2, -0.15) is 8.42 Å². The highest BCUT2D eigenvalue weighted by Crippen LogP contribution is 2.36. The van der Waals surface area contributed by atoms with Crippen LogP contribution in [0.5, 0.6) is 0 Å². The van der Waals surface area contributed by atoms with E-state index in [4.69, 9.17) is 4.55 Å². The Hall–Kier alpha value is -0.180. The third-order valence-corrected chi connectivity index (χ3v) is 7.45. The number of nitrogens with zero attached hydrogens (tertiary/aromatic N) is 1. The van der Waals surface area contributed by atoms with E-state index in [1.807, 2.05) is 0 Å². The Balaban J connectivity index is 2.06. The number of sulfonamides is 1. The molecule has 1 saturated carbocycles. The first-order valence-corrected chi connectivity index (χ1v) is 9.43. The largest absolute Gasteiger partial charge is 0.285 e. The van der Waals surface area contributed by atoms with Crippen molar-refractivity contribution in [3.8, 4) is 0 Å². The van der Waals surface area contributed by atoms with Crippen LogP contribution in [0.2, 0.25) is 0 Å². The van der Waals surface area contributed by atoms with Crippen molar-refractivity contribution in [1.29, 1.82) is 0 Å². The fourth-order valence-electron chi connectivity index (χ4n) is 3.08. The lowest BCUT2D eigenvalue weighted by molar-refractivity contribution is 0.136. The predicted octanol–water partition coefficient (Wildman–Crippen LogP) is 0.674. The van der Waals surface area contributed by atoms with Crippen molar-refractivity contribution in [3.05, 3.63) is 0 Å². The number of rotatable bonds is 3. The highest BCUT2D eigenvalue weighted by atomic mass is 32.3. The molecule has 6 nitrogen and oxygen atoms in total. The lowest BCUT2D eigenvalue weighted by Crippen LogP contribution is -2.46. The maximum absolute atomic E-state index is 11.9. The minimum absolute atomic E-state index is 0.351. The van der Waals surface area contributed by atoms with Crippen molar-refractivity contribution in [3.63, 3.8) is 0 Å². The SMILES string of the molecule is O=S(=O)(O)CS(=O)(=O)N1CCC2CCCCC2C1. The van der Waals surface area contributed by atoms with Crippen LogP contribution in [0.4, 0.5) is 0 Å². The van der Waals surface area contributed by atoms with Gasteiger partial charge in [-0.25, -0.2) is 12.7 Å². The Kier molecular flexibility index (Phi) is 4.01. The van der Waals surface area contributed by atoms with Crippen molar-refractivity contribution >= 4 is 20.1 Å². The van der Waals surface area contributed by atoms with Gasteiger partial charge in [-0.3, -0.25) is 4.55 Å². The molecule has 2 aliphatic rings. The molecule has 106 valence electrons. The molecule has 0 amide bonds. The summed E-state index contributed by atoms with van der Waals surface area (Å²) in [6.45, 7) is 0.779. The monoisotopic (exact) mass is 297 g/mol. The van der Waals surface area contributed by atoms with Gasteiger partial charge in [0.25, 0.3) is 10.1 Å². The van der Waals surface area contributed by atoms with E-state index in [0.29, 0.717) is 24.9 Å². The van der Waals surface area contributed by atoms with Gasteiger partial charge >= 0.3 is 0 Å². The summed E-state index contributed by atoms with van der Waals surface area (Å²) < 4.78 is 55.1. The molecule has 2 fully saturated rings. The van der Waals surface area contributed by atoms with Crippen LogP contribution in [-0.4, -0.2) is 43.9 Å². The molecule has 0 aromatic rings. The highest BCUT2D eigenvalue weighted by Gasteiger charge is 2.37. The second kappa shape index (κ2) is 5.07. The van der Waals surface area contributed by atoms with Crippen LogP contribution in [0.25, 0.3) is 0 Å². The molecule has 0 spiro atoms. The Morgan fingerprint density at radius 3 is 2.22 bits per heavy atom. The summed E-state index contributed by atoms with van der Waals surface area (Å²) in [5.74, 6) is 0.930.